The van der Waals surface area contributed by atoms with Gasteiger partial charge in [-0.25, -0.2) is 0 Å². The largest absolute Gasteiger partial charge is 0.296 e. The van der Waals surface area contributed by atoms with Crippen molar-refractivity contribution in [2.45, 2.75) is 57.5 Å². The molecule has 2 atom stereocenters. The van der Waals surface area contributed by atoms with Crippen LogP contribution in [-0.4, -0.2) is 23.5 Å². The molecule has 0 aromatic heterocycles. The Morgan fingerprint density at radius 1 is 1.14 bits per heavy atom. The maximum absolute atomic E-state index is 8.98. The molecule has 0 amide bonds. The Bertz CT molecular complexity index is 225. The predicted molar refractivity (Wildman–Crippen MR) is 56.8 cm³/mol. The first-order chi connectivity index (χ1) is 6.83. The van der Waals surface area contributed by atoms with Crippen LogP contribution in [0.5, 0.6) is 0 Å². The average molecular weight is 192 g/mol. The van der Waals surface area contributed by atoms with Gasteiger partial charge in [0.2, 0.25) is 0 Å². The SMILES string of the molecule is CC1C(C#N)CCN1C1CCCCC1. The van der Waals surface area contributed by atoms with E-state index >= 15 is 0 Å². The van der Waals surface area contributed by atoms with Crippen molar-refractivity contribution in [1.29, 1.82) is 5.26 Å². The first-order valence-corrected chi connectivity index (χ1v) is 5.98. The molecule has 0 N–H and O–H groups in total. The van der Waals surface area contributed by atoms with E-state index in [1.54, 1.807) is 0 Å². The van der Waals surface area contributed by atoms with Gasteiger partial charge < -0.3 is 0 Å². The Morgan fingerprint density at radius 3 is 2.43 bits per heavy atom. The molecule has 1 saturated heterocycles. The zero-order chi connectivity index (χ0) is 9.97. The average Bonchev–Trinajstić information content (AvgIpc) is 2.61. The van der Waals surface area contributed by atoms with Crippen molar-refractivity contribution in [1.82, 2.24) is 4.90 Å². The Labute approximate surface area is 86.9 Å². The molecule has 2 aliphatic rings. The number of hydrogen-bond donors (Lipinski definition) is 0. The molecular weight excluding hydrogens is 172 g/mol. The van der Waals surface area contributed by atoms with Gasteiger partial charge in [-0.3, -0.25) is 4.90 Å². The topological polar surface area (TPSA) is 27.0 Å². The number of nitriles is 1. The van der Waals surface area contributed by atoms with Gasteiger partial charge in [-0.1, -0.05) is 19.3 Å². The molecule has 0 radical (unpaired) electrons. The zero-order valence-corrected chi connectivity index (χ0v) is 9.08. The molecule has 0 spiro atoms. The molecular formula is C12H20N2. The fourth-order valence-corrected chi connectivity index (χ4v) is 3.06. The maximum atomic E-state index is 8.98. The molecule has 2 rings (SSSR count). The normalized spacial score (nSPS) is 35.7. The summed E-state index contributed by atoms with van der Waals surface area (Å²) in [4.78, 5) is 2.59. The lowest BCUT2D eigenvalue weighted by atomic mass is 9.93. The standard InChI is InChI=1S/C12H20N2/c1-10-11(9-13)7-8-14(10)12-5-3-2-4-6-12/h10-12H,2-8H2,1H3. The zero-order valence-electron chi connectivity index (χ0n) is 9.08. The van der Waals surface area contributed by atoms with Crippen LogP contribution < -0.4 is 0 Å². The van der Waals surface area contributed by atoms with Crippen LogP contribution in [0.3, 0.4) is 0 Å². The summed E-state index contributed by atoms with van der Waals surface area (Å²) < 4.78 is 0. The summed E-state index contributed by atoms with van der Waals surface area (Å²) in [5, 5.41) is 8.98. The van der Waals surface area contributed by atoms with Crippen molar-refractivity contribution < 1.29 is 0 Å². The number of hydrogen-bond acceptors (Lipinski definition) is 2. The highest BCUT2D eigenvalue weighted by Crippen LogP contribution is 2.31. The first-order valence-electron chi connectivity index (χ1n) is 5.98. The molecule has 0 aromatic rings. The molecule has 1 aliphatic heterocycles. The van der Waals surface area contributed by atoms with Crippen molar-refractivity contribution in [3.63, 3.8) is 0 Å². The number of nitrogens with zero attached hydrogens (tertiary/aromatic N) is 2. The highest BCUT2D eigenvalue weighted by molar-refractivity contribution is 4.98. The lowest BCUT2D eigenvalue weighted by Crippen LogP contribution is -2.40. The van der Waals surface area contributed by atoms with Crippen LogP contribution in [0.2, 0.25) is 0 Å². The van der Waals surface area contributed by atoms with Gasteiger partial charge in [-0.2, -0.15) is 5.26 Å². The first kappa shape index (κ1) is 9.98. The van der Waals surface area contributed by atoms with Crippen LogP contribution in [0.25, 0.3) is 0 Å². The molecule has 1 aliphatic carbocycles. The molecule has 2 heteroatoms. The number of likely N-dealkylation sites (tertiary alicyclic amines) is 1. The molecule has 2 nitrogen and oxygen atoms in total. The highest BCUT2D eigenvalue weighted by atomic mass is 15.2. The minimum atomic E-state index is 0.289. The minimum absolute atomic E-state index is 0.289. The van der Waals surface area contributed by atoms with E-state index in [2.05, 4.69) is 17.9 Å². The Balaban J connectivity index is 1.95. The second-order valence-corrected chi connectivity index (χ2v) is 4.79. The molecule has 1 saturated carbocycles. The molecule has 2 fully saturated rings. The van der Waals surface area contributed by atoms with Gasteiger partial charge in [0.05, 0.1) is 12.0 Å². The van der Waals surface area contributed by atoms with Gasteiger partial charge in [0.15, 0.2) is 0 Å². The number of rotatable bonds is 1. The summed E-state index contributed by atoms with van der Waals surface area (Å²) in [6.45, 7) is 3.39. The third-order valence-corrected chi connectivity index (χ3v) is 4.01. The van der Waals surface area contributed by atoms with E-state index in [1.807, 2.05) is 0 Å². The van der Waals surface area contributed by atoms with Crippen molar-refractivity contribution in [3.05, 3.63) is 0 Å². The minimum Gasteiger partial charge on any atom is -0.296 e. The van der Waals surface area contributed by atoms with Crippen molar-refractivity contribution in [2.75, 3.05) is 6.54 Å². The predicted octanol–water partition coefficient (Wildman–Crippen LogP) is 2.55. The third-order valence-electron chi connectivity index (χ3n) is 4.01. The Hall–Kier alpha value is -0.550. The maximum Gasteiger partial charge on any atom is 0.0672 e. The van der Waals surface area contributed by atoms with Crippen LogP contribution in [0.15, 0.2) is 0 Å². The van der Waals surface area contributed by atoms with Crippen LogP contribution in [0.4, 0.5) is 0 Å². The molecule has 0 aromatic carbocycles. The summed E-state index contributed by atoms with van der Waals surface area (Å²) in [7, 11) is 0. The quantitative estimate of drug-likeness (QED) is 0.638. The van der Waals surface area contributed by atoms with Crippen molar-refractivity contribution in [3.8, 4) is 6.07 Å². The smallest absolute Gasteiger partial charge is 0.0672 e. The Kier molecular flexibility index (Phi) is 3.08. The fourth-order valence-electron chi connectivity index (χ4n) is 3.06. The van der Waals surface area contributed by atoms with Gasteiger partial charge in [-0.05, 0) is 26.2 Å². The van der Waals surface area contributed by atoms with Crippen LogP contribution in [-0.2, 0) is 0 Å². The second-order valence-electron chi connectivity index (χ2n) is 4.79. The molecule has 1 heterocycles. The lowest BCUT2D eigenvalue weighted by Gasteiger charge is -2.34. The summed E-state index contributed by atoms with van der Waals surface area (Å²) in [6.07, 6.45) is 8.02. The fraction of sp³-hybridized carbons (Fsp3) is 0.917. The molecule has 14 heavy (non-hydrogen) atoms. The summed E-state index contributed by atoms with van der Waals surface area (Å²) in [5.41, 5.74) is 0. The second kappa shape index (κ2) is 4.31. The summed E-state index contributed by atoms with van der Waals surface area (Å²) in [5.74, 6) is 0.289. The molecule has 0 bridgehead atoms. The van der Waals surface area contributed by atoms with E-state index < -0.39 is 0 Å². The summed E-state index contributed by atoms with van der Waals surface area (Å²) >= 11 is 0. The van der Waals surface area contributed by atoms with E-state index in [-0.39, 0.29) is 5.92 Å². The lowest BCUT2D eigenvalue weighted by molar-refractivity contribution is 0.144. The van der Waals surface area contributed by atoms with Crippen LogP contribution in [0.1, 0.15) is 45.4 Å². The van der Waals surface area contributed by atoms with Gasteiger partial charge in [0.25, 0.3) is 0 Å². The van der Waals surface area contributed by atoms with E-state index in [4.69, 9.17) is 5.26 Å². The Morgan fingerprint density at radius 2 is 1.86 bits per heavy atom. The van der Waals surface area contributed by atoms with Crippen molar-refractivity contribution >= 4 is 0 Å². The van der Waals surface area contributed by atoms with E-state index in [1.165, 1.54) is 32.1 Å². The van der Waals surface area contributed by atoms with Crippen LogP contribution >= 0.6 is 0 Å². The van der Waals surface area contributed by atoms with E-state index in [9.17, 15) is 0 Å². The van der Waals surface area contributed by atoms with Crippen molar-refractivity contribution in [2.24, 2.45) is 5.92 Å². The monoisotopic (exact) mass is 192 g/mol. The van der Waals surface area contributed by atoms with Gasteiger partial charge >= 0.3 is 0 Å². The molecule has 78 valence electrons. The third kappa shape index (κ3) is 1.79. The van der Waals surface area contributed by atoms with Gasteiger partial charge in [0.1, 0.15) is 0 Å². The highest BCUT2D eigenvalue weighted by Gasteiger charge is 2.35. The van der Waals surface area contributed by atoms with E-state index in [0.717, 1.165) is 19.0 Å². The van der Waals surface area contributed by atoms with Gasteiger partial charge in [0, 0.05) is 18.6 Å². The van der Waals surface area contributed by atoms with Gasteiger partial charge in [-0.15, -0.1) is 0 Å². The molecule has 2 unspecified atom stereocenters. The van der Waals surface area contributed by atoms with Crippen LogP contribution in [0, 0.1) is 17.2 Å². The summed E-state index contributed by atoms with van der Waals surface area (Å²) in [6, 6.07) is 3.73. The van der Waals surface area contributed by atoms with E-state index in [0.29, 0.717) is 6.04 Å².